The van der Waals surface area contributed by atoms with Gasteiger partial charge in [0.05, 0.1) is 4.92 Å². The minimum absolute atomic E-state index is 0.0942. The second-order valence-corrected chi connectivity index (χ2v) is 10.4. The number of non-ortho nitro benzene ring substituents is 1. The maximum absolute atomic E-state index is 12.5. The molecule has 1 aliphatic carbocycles. The Labute approximate surface area is 230 Å². The number of nitro groups is 1. The predicted octanol–water partition coefficient (Wildman–Crippen LogP) is 6.54. The molecule has 1 saturated carbocycles. The van der Waals surface area contributed by atoms with Crippen molar-refractivity contribution in [1.82, 2.24) is 10.3 Å². The van der Waals surface area contributed by atoms with Gasteiger partial charge in [0.25, 0.3) is 5.69 Å². The van der Waals surface area contributed by atoms with E-state index in [1.165, 1.54) is 12.1 Å². The smallest absolute Gasteiger partial charge is 0.406 e. The summed E-state index contributed by atoms with van der Waals surface area (Å²) in [5.41, 5.74) is 2.71. The number of nitro benzene ring substituents is 1. The average Bonchev–Trinajstić information content (AvgIpc) is 2.94. The predicted molar refractivity (Wildman–Crippen MR) is 147 cm³/mol. The van der Waals surface area contributed by atoms with E-state index in [2.05, 4.69) is 25.3 Å². The number of rotatable bonds is 8. The van der Waals surface area contributed by atoms with Crippen LogP contribution in [0, 0.1) is 10.1 Å². The molecule has 0 bridgehead atoms. The molecule has 8 nitrogen and oxygen atoms in total. The van der Waals surface area contributed by atoms with Gasteiger partial charge in [-0.2, -0.15) is 0 Å². The van der Waals surface area contributed by atoms with Gasteiger partial charge in [0, 0.05) is 55.2 Å². The van der Waals surface area contributed by atoms with Gasteiger partial charge in [0.1, 0.15) is 11.6 Å². The van der Waals surface area contributed by atoms with E-state index in [4.69, 9.17) is 0 Å². The van der Waals surface area contributed by atoms with Gasteiger partial charge in [-0.25, -0.2) is 4.98 Å². The van der Waals surface area contributed by atoms with Gasteiger partial charge in [-0.15, -0.1) is 13.2 Å². The van der Waals surface area contributed by atoms with Crippen LogP contribution in [0.1, 0.15) is 38.5 Å². The summed E-state index contributed by atoms with van der Waals surface area (Å²) in [5, 5.41) is 18.5. The number of benzene rings is 2. The van der Waals surface area contributed by atoms with Crippen LogP contribution in [0.25, 0.3) is 11.1 Å². The molecule has 2 heterocycles. The van der Waals surface area contributed by atoms with Crippen LogP contribution >= 0.6 is 0 Å². The van der Waals surface area contributed by atoms with E-state index in [-0.39, 0.29) is 28.4 Å². The molecule has 1 aromatic heterocycles. The first kappa shape index (κ1) is 27.7. The fraction of sp³-hybridized carbons (Fsp3) is 0.414. The lowest BCUT2D eigenvalue weighted by atomic mass is 9.89. The highest BCUT2D eigenvalue weighted by Crippen LogP contribution is 2.29. The monoisotopic (exact) mass is 555 g/mol. The summed E-state index contributed by atoms with van der Waals surface area (Å²) >= 11 is 0. The molecule has 1 aliphatic heterocycles. The third kappa shape index (κ3) is 7.20. The number of anilines is 2. The van der Waals surface area contributed by atoms with Crippen LogP contribution in [-0.2, 0) is 0 Å². The Morgan fingerprint density at radius 2 is 1.65 bits per heavy atom. The minimum atomic E-state index is -4.72. The van der Waals surface area contributed by atoms with Crippen molar-refractivity contribution >= 4 is 17.2 Å². The zero-order valence-electron chi connectivity index (χ0n) is 21.9. The van der Waals surface area contributed by atoms with Gasteiger partial charge in [-0.3, -0.25) is 10.1 Å². The van der Waals surface area contributed by atoms with Crippen molar-refractivity contribution in [2.45, 2.75) is 63.0 Å². The molecule has 2 N–H and O–H groups in total. The second-order valence-electron chi connectivity index (χ2n) is 10.4. The Balaban J connectivity index is 1.22. The highest BCUT2D eigenvalue weighted by molar-refractivity contribution is 5.67. The molecule has 5 rings (SSSR count). The minimum Gasteiger partial charge on any atom is -0.406 e. The number of hydrogen-bond donors (Lipinski definition) is 2. The van der Waals surface area contributed by atoms with Crippen LogP contribution in [0.15, 0.2) is 66.9 Å². The van der Waals surface area contributed by atoms with E-state index in [9.17, 15) is 23.3 Å². The van der Waals surface area contributed by atoms with E-state index in [0.717, 1.165) is 74.2 Å². The quantitative estimate of drug-likeness (QED) is 0.241. The molecule has 0 spiro atoms. The topological polar surface area (TPSA) is 92.6 Å². The zero-order chi connectivity index (χ0) is 28.1. The molecule has 11 heteroatoms. The summed E-state index contributed by atoms with van der Waals surface area (Å²) in [4.78, 5) is 17.4. The molecule has 2 aromatic carbocycles. The van der Waals surface area contributed by atoms with Crippen LogP contribution < -0.4 is 20.3 Å². The number of halogens is 3. The van der Waals surface area contributed by atoms with Crippen molar-refractivity contribution in [3.63, 3.8) is 0 Å². The normalized spacial score (nSPS) is 21.6. The molecular formula is C29H32F3N5O3. The van der Waals surface area contributed by atoms with Crippen molar-refractivity contribution in [3.8, 4) is 16.9 Å². The lowest BCUT2D eigenvalue weighted by Crippen LogP contribution is -2.54. The molecule has 212 valence electrons. The Morgan fingerprint density at radius 1 is 0.925 bits per heavy atom. The van der Waals surface area contributed by atoms with E-state index < -0.39 is 6.36 Å². The second kappa shape index (κ2) is 12.1. The van der Waals surface area contributed by atoms with Crippen molar-refractivity contribution in [2.24, 2.45) is 0 Å². The van der Waals surface area contributed by atoms with E-state index in [0.29, 0.717) is 6.04 Å². The molecule has 2 aliphatic rings. The average molecular weight is 556 g/mol. The molecular weight excluding hydrogens is 523 g/mol. The number of pyridine rings is 1. The van der Waals surface area contributed by atoms with Crippen molar-refractivity contribution in [2.75, 3.05) is 23.3 Å². The van der Waals surface area contributed by atoms with Crippen LogP contribution in [0.4, 0.5) is 30.4 Å². The number of nitrogens with zero attached hydrogens (tertiary/aromatic N) is 3. The van der Waals surface area contributed by atoms with Gasteiger partial charge in [0.15, 0.2) is 0 Å². The number of ether oxygens (including phenoxy) is 1. The highest BCUT2D eigenvalue weighted by Gasteiger charge is 2.31. The van der Waals surface area contributed by atoms with Gasteiger partial charge < -0.3 is 20.3 Å². The lowest BCUT2D eigenvalue weighted by molar-refractivity contribution is -0.384. The molecule has 3 atom stereocenters. The zero-order valence-corrected chi connectivity index (χ0v) is 21.9. The maximum Gasteiger partial charge on any atom is 0.573 e. The molecule has 3 aromatic rings. The molecule has 1 unspecified atom stereocenters. The van der Waals surface area contributed by atoms with Crippen LogP contribution in [0.2, 0.25) is 0 Å². The third-order valence-electron chi connectivity index (χ3n) is 7.58. The van der Waals surface area contributed by atoms with Gasteiger partial charge in [-0.1, -0.05) is 25.0 Å². The van der Waals surface area contributed by atoms with E-state index in [1.807, 2.05) is 24.3 Å². The summed E-state index contributed by atoms with van der Waals surface area (Å²) in [6.45, 7) is 1.76. The Hall–Kier alpha value is -3.86. The summed E-state index contributed by atoms with van der Waals surface area (Å²) in [7, 11) is 0. The van der Waals surface area contributed by atoms with Crippen molar-refractivity contribution < 1.29 is 22.8 Å². The number of hydrogen-bond acceptors (Lipinski definition) is 7. The lowest BCUT2D eigenvalue weighted by Gasteiger charge is -2.40. The van der Waals surface area contributed by atoms with E-state index >= 15 is 0 Å². The summed E-state index contributed by atoms with van der Waals surface area (Å²) in [6, 6.07) is 17.1. The number of nitrogens with one attached hydrogen (secondary N) is 2. The SMILES string of the molecule is O=[N+]([O-])c1ccc(N2CCCC(N[C@@H]3CCCC[C@H]3Nc3cc(-c4ccc(OC(F)(F)F)cc4)ccn3)C2)cc1. The molecule has 2 fully saturated rings. The van der Waals surface area contributed by atoms with Gasteiger partial charge in [0.2, 0.25) is 0 Å². The van der Waals surface area contributed by atoms with Crippen molar-refractivity contribution in [3.05, 3.63) is 77.0 Å². The number of piperidine rings is 1. The standard InChI is InChI=1S/C29H32F3N5O3/c30-29(31,32)40-25-13-7-20(8-14-25)21-15-16-33-28(18-21)35-27-6-2-1-5-26(27)34-22-4-3-17-36(19-22)23-9-11-24(12-10-23)37(38)39/h7-16,18,22,26-27,34H,1-6,17,19H2,(H,33,35)/t22?,26-,27-/m1/s1. The molecule has 0 radical (unpaired) electrons. The molecule has 1 saturated heterocycles. The fourth-order valence-electron chi connectivity index (χ4n) is 5.67. The summed E-state index contributed by atoms with van der Waals surface area (Å²) in [5.74, 6) is 0.470. The Bertz CT molecular complexity index is 1290. The Kier molecular flexibility index (Phi) is 8.39. The first-order chi connectivity index (χ1) is 19.2. The van der Waals surface area contributed by atoms with Crippen LogP contribution in [0.3, 0.4) is 0 Å². The first-order valence-corrected chi connectivity index (χ1v) is 13.6. The molecule has 40 heavy (non-hydrogen) atoms. The van der Waals surface area contributed by atoms with Gasteiger partial charge >= 0.3 is 6.36 Å². The molecule has 0 amide bonds. The summed E-state index contributed by atoms with van der Waals surface area (Å²) in [6.07, 6.45) is 3.40. The third-order valence-corrected chi connectivity index (χ3v) is 7.58. The largest absolute Gasteiger partial charge is 0.573 e. The van der Waals surface area contributed by atoms with Gasteiger partial charge in [-0.05, 0) is 73.2 Å². The number of aromatic nitrogens is 1. The van der Waals surface area contributed by atoms with Crippen molar-refractivity contribution in [1.29, 1.82) is 0 Å². The number of alkyl halides is 3. The Morgan fingerprint density at radius 3 is 2.35 bits per heavy atom. The van der Waals surface area contributed by atoms with Crippen LogP contribution in [0.5, 0.6) is 5.75 Å². The van der Waals surface area contributed by atoms with E-state index in [1.54, 1.807) is 30.5 Å². The van der Waals surface area contributed by atoms with Crippen LogP contribution in [-0.4, -0.2) is 47.5 Å². The first-order valence-electron chi connectivity index (χ1n) is 13.6. The highest BCUT2D eigenvalue weighted by atomic mass is 19.4. The maximum atomic E-state index is 12.5. The fourth-order valence-corrected chi connectivity index (χ4v) is 5.67. The summed E-state index contributed by atoms with van der Waals surface area (Å²) < 4.78 is 41.4.